The van der Waals surface area contributed by atoms with Crippen LogP contribution in [0.3, 0.4) is 0 Å². The zero-order chi connectivity index (χ0) is 27.5. The van der Waals surface area contributed by atoms with E-state index in [0.29, 0.717) is 53.9 Å². The van der Waals surface area contributed by atoms with Crippen molar-refractivity contribution in [2.75, 3.05) is 38.3 Å². The standard InChI is InChI=1S/C26H25ClF5N5O2/c1-38-22-10-21(18(28)9-19(22)29)35-6-4-15(5-7-35)24-34-33-23-12-36(25(13-39-14-25)26(30,31)32)11-16-8-17(27)2-3-20(16)37(23)24/h2-3,8-10,15H,4-7,11-14H2,1H3. The van der Waals surface area contributed by atoms with Crippen LogP contribution in [0.15, 0.2) is 30.3 Å². The molecular weight excluding hydrogens is 545 g/mol. The molecule has 2 fully saturated rings. The Morgan fingerprint density at radius 1 is 1.00 bits per heavy atom. The number of aromatic nitrogens is 3. The minimum atomic E-state index is -4.49. The van der Waals surface area contributed by atoms with Crippen LogP contribution in [0.5, 0.6) is 5.75 Å². The molecule has 0 aliphatic carbocycles. The van der Waals surface area contributed by atoms with Gasteiger partial charge in [-0.25, -0.2) is 8.78 Å². The number of halogens is 6. The monoisotopic (exact) mass is 569 g/mol. The van der Waals surface area contributed by atoms with Gasteiger partial charge >= 0.3 is 6.18 Å². The summed E-state index contributed by atoms with van der Waals surface area (Å²) in [5.41, 5.74) is -0.538. The number of ether oxygens (including phenoxy) is 2. The van der Waals surface area contributed by atoms with Crippen LogP contribution in [0, 0.1) is 11.6 Å². The zero-order valence-corrected chi connectivity index (χ0v) is 21.7. The smallest absolute Gasteiger partial charge is 0.411 e. The molecule has 1 aromatic heterocycles. The number of hydrogen-bond acceptors (Lipinski definition) is 6. The van der Waals surface area contributed by atoms with Crippen LogP contribution in [0.1, 0.15) is 36.0 Å². The Balaban J connectivity index is 1.32. The number of rotatable bonds is 4. The lowest BCUT2D eigenvalue weighted by Gasteiger charge is -2.49. The van der Waals surface area contributed by atoms with Gasteiger partial charge in [0.15, 0.2) is 22.9 Å². The molecule has 3 aliphatic heterocycles. The fraction of sp³-hybridized carbons (Fsp3) is 0.462. The lowest BCUT2D eigenvalue weighted by Crippen LogP contribution is -2.69. The van der Waals surface area contributed by atoms with Crippen molar-refractivity contribution in [3.63, 3.8) is 0 Å². The molecule has 13 heteroatoms. The van der Waals surface area contributed by atoms with Gasteiger partial charge in [-0.15, -0.1) is 10.2 Å². The predicted molar refractivity (Wildman–Crippen MR) is 132 cm³/mol. The lowest BCUT2D eigenvalue weighted by molar-refractivity contribution is -0.310. The van der Waals surface area contributed by atoms with Crippen LogP contribution in [0.25, 0.3) is 5.69 Å². The molecule has 3 aliphatic rings. The first kappa shape index (κ1) is 26.3. The number of benzene rings is 2. The number of fused-ring (bicyclic) bond motifs is 3. The van der Waals surface area contributed by atoms with Gasteiger partial charge in [0.05, 0.1) is 38.2 Å². The van der Waals surface area contributed by atoms with E-state index in [1.807, 2.05) is 9.47 Å². The molecule has 0 radical (unpaired) electrons. The third-order valence-corrected chi connectivity index (χ3v) is 8.20. The van der Waals surface area contributed by atoms with E-state index in [-0.39, 0.29) is 30.4 Å². The second-order valence-corrected chi connectivity index (χ2v) is 10.6. The number of hydrogen-bond donors (Lipinski definition) is 0. The van der Waals surface area contributed by atoms with Gasteiger partial charge in [-0.1, -0.05) is 11.6 Å². The topological polar surface area (TPSA) is 55.7 Å². The summed E-state index contributed by atoms with van der Waals surface area (Å²) >= 11 is 6.26. The molecule has 7 nitrogen and oxygen atoms in total. The van der Waals surface area contributed by atoms with Crippen LogP contribution < -0.4 is 9.64 Å². The Morgan fingerprint density at radius 2 is 1.74 bits per heavy atom. The number of methoxy groups -OCH3 is 1. The van der Waals surface area contributed by atoms with Crippen LogP contribution in [0.4, 0.5) is 27.6 Å². The molecule has 0 unspecified atom stereocenters. The van der Waals surface area contributed by atoms with E-state index in [9.17, 15) is 22.0 Å². The Hall–Kier alpha value is -2.96. The molecule has 2 saturated heterocycles. The Morgan fingerprint density at radius 3 is 2.38 bits per heavy atom. The number of nitrogens with zero attached hydrogens (tertiary/aromatic N) is 5. The maximum atomic E-state index is 14.6. The number of piperidine rings is 1. The molecular formula is C26H25ClF5N5O2. The van der Waals surface area contributed by atoms with Crippen molar-refractivity contribution >= 4 is 17.3 Å². The fourth-order valence-electron chi connectivity index (χ4n) is 5.71. The summed E-state index contributed by atoms with van der Waals surface area (Å²) in [7, 11) is 1.32. The van der Waals surface area contributed by atoms with Gasteiger partial charge in [0.2, 0.25) is 0 Å². The van der Waals surface area contributed by atoms with Gasteiger partial charge in [-0.3, -0.25) is 9.47 Å². The van der Waals surface area contributed by atoms with E-state index in [0.717, 1.165) is 6.07 Å². The van der Waals surface area contributed by atoms with Crippen molar-refractivity contribution < 1.29 is 31.4 Å². The van der Waals surface area contributed by atoms with Gasteiger partial charge in [0.25, 0.3) is 0 Å². The van der Waals surface area contributed by atoms with Crippen molar-refractivity contribution in [1.29, 1.82) is 0 Å². The highest BCUT2D eigenvalue weighted by molar-refractivity contribution is 6.30. The average molecular weight is 570 g/mol. The summed E-state index contributed by atoms with van der Waals surface area (Å²) in [6.45, 7) is -0.0141. The minimum absolute atomic E-state index is 0.0195. The molecule has 39 heavy (non-hydrogen) atoms. The highest BCUT2D eigenvalue weighted by atomic mass is 35.5. The summed E-state index contributed by atoms with van der Waals surface area (Å²) < 4.78 is 83.0. The summed E-state index contributed by atoms with van der Waals surface area (Å²) in [4.78, 5) is 3.18. The average Bonchev–Trinajstić information content (AvgIpc) is 3.19. The SMILES string of the molecule is COc1cc(N2CCC(c3nnc4n3-c3ccc(Cl)cc3CN(C3(C(F)(F)F)COC3)C4)CC2)c(F)cc1F. The molecule has 0 atom stereocenters. The van der Waals surface area contributed by atoms with E-state index in [1.54, 1.807) is 18.2 Å². The van der Waals surface area contributed by atoms with Crippen molar-refractivity contribution in [2.45, 2.75) is 43.6 Å². The summed E-state index contributed by atoms with van der Waals surface area (Å²) in [5.74, 6) is -0.520. The second kappa shape index (κ2) is 9.60. The normalized spacial score (nSPS) is 19.7. The second-order valence-electron chi connectivity index (χ2n) is 10.2. The predicted octanol–water partition coefficient (Wildman–Crippen LogP) is 5.24. The van der Waals surface area contributed by atoms with E-state index >= 15 is 0 Å². The molecule has 6 rings (SSSR count). The van der Waals surface area contributed by atoms with E-state index in [1.165, 1.54) is 18.1 Å². The van der Waals surface area contributed by atoms with E-state index < -0.39 is 36.6 Å². The van der Waals surface area contributed by atoms with Gasteiger partial charge in [-0.2, -0.15) is 13.2 Å². The molecule has 4 heterocycles. The first-order valence-corrected chi connectivity index (χ1v) is 12.9. The Kier molecular flexibility index (Phi) is 6.47. The van der Waals surface area contributed by atoms with Gasteiger partial charge in [0.1, 0.15) is 11.6 Å². The third kappa shape index (κ3) is 4.33. The van der Waals surface area contributed by atoms with Crippen molar-refractivity contribution in [2.24, 2.45) is 0 Å². The lowest BCUT2D eigenvalue weighted by atomic mass is 9.93. The van der Waals surface area contributed by atoms with Crippen molar-refractivity contribution in [1.82, 2.24) is 19.7 Å². The van der Waals surface area contributed by atoms with Crippen LogP contribution in [-0.2, 0) is 17.8 Å². The number of alkyl halides is 3. The van der Waals surface area contributed by atoms with Crippen molar-refractivity contribution in [3.8, 4) is 11.4 Å². The van der Waals surface area contributed by atoms with E-state index in [4.69, 9.17) is 21.1 Å². The van der Waals surface area contributed by atoms with Crippen LogP contribution in [0.2, 0.25) is 5.02 Å². The molecule has 0 spiro atoms. The molecule has 0 amide bonds. The summed E-state index contributed by atoms with van der Waals surface area (Å²) in [5, 5.41) is 9.20. The minimum Gasteiger partial charge on any atom is -0.494 e. The largest absolute Gasteiger partial charge is 0.494 e. The zero-order valence-electron chi connectivity index (χ0n) is 20.9. The molecule has 2 aromatic carbocycles. The Bertz CT molecular complexity index is 1400. The summed E-state index contributed by atoms with van der Waals surface area (Å²) in [6, 6.07) is 7.32. The molecule has 3 aromatic rings. The highest BCUT2D eigenvalue weighted by Crippen LogP contribution is 2.45. The fourth-order valence-corrected chi connectivity index (χ4v) is 5.90. The maximum Gasteiger partial charge on any atom is 0.411 e. The maximum absolute atomic E-state index is 14.6. The molecule has 0 N–H and O–H groups in total. The van der Waals surface area contributed by atoms with Gasteiger partial charge in [0, 0.05) is 42.7 Å². The Labute approximate surface area is 226 Å². The number of anilines is 1. The summed E-state index contributed by atoms with van der Waals surface area (Å²) in [6.07, 6.45) is -3.32. The van der Waals surface area contributed by atoms with Crippen LogP contribution in [-0.4, -0.2) is 64.8 Å². The third-order valence-electron chi connectivity index (χ3n) is 7.97. The highest BCUT2D eigenvalue weighted by Gasteiger charge is 2.64. The first-order chi connectivity index (χ1) is 18.6. The molecule has 0 bridgehead atoms. The quantitative estimate of drug-likeness (QED) is 0.401. The van der Waals surface area contributed by atoms with Gasteiger partial charge < -0.3 is 14.4 Å². The van der Waals surface area contributed by atoms with E-state index in [2.05, 4.69) is 10.2 Å². The van der Waals surface area contributed by atoms with Crippen molar-refractivity contribution in [3.05, 3.63) is 64.2 Å². The van der Waals surface area contributed by atoms with Gasteiger partial charge in [-0.05, 0) is 36.6 Å². The molecule has 208 valence electrons. The first-order valence-electron chi connectivity index (χ1n) is 12.5. The molecule has 0 saturated carbocycles. The van der Waals surface area contributed by atoms with Crippen LogP contribution >= 0.6 is 11.6 Å².